The molecule has 0 aromatic rings. The van der Waals surface area contributed by atoms with Crippen molar-refractivity contribution in [3.8, 4) is 0 Å². The van der Waals surface area contributed by atoms with Crippen LogP contribution in [0.15, 0.2) is 0 Å². The monoisotopic (exact) mass is 300 g/mol. The van der Waals surface area contributed by atoms with Gasteiger partial charge in [-0.1, -0.05) is 32.1 Å². The summed E-state index contributed by atoms with van der Waals surface area (Å²) < 4.78 is 0. The van der Waals surface area contributed by atoms with Crippen molar-refractivity contribution < 1.29 is 11.0 Å². The minimum atomic E-state index is 0. The van der Waals surface area contributed by atoms with Crippen LogP contribution in [0.2, 0.25) is 0 Å². The topological polar surface area (TPSA) is 69.5 Å². The third-order valence-electron chi connectivity index (χ3n) is 5.70. The fourth-order valence-electron chi connectivity index (χ4n) is 4.45. The summed E-state index contributed by atoms with van der Waals surface area (Å²) in [6, 6.07) is 0. The number of hydrogen-bond acceptors (Lipinski definition) is 2. The highest BCUT2D eigenvalue weighted by molar-refractivity contribution is 4.79. The molecule has 0 bridgehead atoms. The van der Waals surface area contributed by atoms with Gasteiger partial charge in [-0.15, -0.1) is 0 Å². The first-order valence-corrected chi connectivity index (χ1v) is 8.85. The summed E-state index contributed by atoms with van der Waals surface area (Å²) in [5.74, 6) is 2.06. The summed E-state index contributed by atoms with van der Waals surface area (Å²) in [7, 11) is 0. The molecule has 2 saturated carbocycles. The van der Waals surface area contributed by atoms with E-state index in [1.165, 1.54) is 97.1 Å². The van der Waals surface area contributed by atoms with E-state index in [0.29, 0.717) is 0 Å². The highest BCUT2D eigenvalue weighted by Gasteiger charge is 2.24. The molecular formula is C17H36N2O2. The van der Waals surface area contributed by atoms with Crippen LogP contribution in [0.4, 0.5) is 0 Å². The molecule has 0 spiro atoms. The van der Waals surface area contributed by atoms with Crippen LogP contribution in [-0.4, -0.2) is 60.0 Å². The maximum absolute atomic E-state index is 2.75. The molecule has 0 atom stereocenters. The lowest BCUT2D eigenvalue weighted by molar-refractivity contribution is 0.0991. The Labute approximate surface area is 130 Å². The highest BCUT2D eigenvalue weighted by Crippen LogP contribution is 2.27. The zero-order chi connectivity index (χ0) is 12.9. The molecule has 3 aliphatic rings. The van der Waals surface area contributed by atoms with Gasteiger partial charge in [0.15, 0.2) is 0 Å². The van der Waals surface area contributed by atoms with Gasteiger partial charge in [0.2, 0.25) is 0 Å². The van der Waals surface area contributed by atoms with Crippen molar-refractivity contribution in [1.29, 1.82) is 0 Å². The van der Waals surface area contributed by atoms with Gasteiger partial charge in [0.05, 0.1) is 0 Å². The van der Waals surface area contributed by atoms with Gasteiger partial charge in [0.25, 0.3) is 0 Å². The van der Waals surface area contributed by atoms with Gasteiger partial charge in [-0.2, -0.15) is 0 Å². The van der Waals surface area contributed by atoms with Crippen molar-refractivity contribution in [2.75, 3.05) is 39.3 Å². The number of nitrogens with zero attached hydrogens (tertiary/aromatic N) is 2. The van der Waals surface area contributed by atoms with E-state index in [2.05, 4.69) is 9.80 Å². The van der Waals surface area contributed by atoms with Crippen molar-refractivity contribution >= 4 is 0 Å². The first kappa shape index (κ1) is 18.9. The average molecular weight is 300 g/mol. The molecule has 2 aliphatic carbocycles. The lowest BCUT2D eigenvalue weighted by Crippen LogP contribution is -2.48. The van der Waals surface area contributed by atoms with Crippen molar-refractivity contribution in [3.05, 3.63) is 0 Å². The standard InChI is InChI=1S/C17H32N2.2H2O/c1-2-6-16(7-3-1)14-18-10-12-19(13-11-18)15-17-8-4-5-9-17;;/h16-17H,1-15H2;2*1H2. The molecule has 0 aromatic carbocycles. The molecule has 1 heterocycles. The maximum Gasteiger partial charge on any atom is 0.0110 e. The lowest BCUT2D eigenvalue weighted by atomic mass is 9.89. The summed E-state index contributed by atoms with van der Waals surface area (Å²) in [4.78, 5) is 5.49. The third-order valence-corrected chi connectivity index (χ3v) is 5.70. The van der Waals surface area contributed by atoms with Crippen molar-refractivity contribution in [1.82, 2.24) is 9.80 Å². The Morgan fingerprint density at radius 1 is 0.524 bits per heavy atom. The Hall–Kier alpha value is -0.160. The highest BCUT2D eigenvalue weighted by atomic mass is 16.0. The van der Waals surface area contributed by atoms with Crippen LogP contribution in [0.5, 0.6) is 0 Å². The molecule has 4 nitrogen and oxygen atoms in total. The smallest absolute Gasteiger partial charge is 0.0110 e. The quantitative estimate of drug-likeness (QED) is 0.793. The first-order valence-electron chi connectivity index (χ1n) is 8.85. The van der Waals surface area contributed by atoms with Crippen LogP contribution in [0.3, 0.4) is 0 Å². The molecule has 21 heavy (non-hydrogen) atoms. The summed E-state index contributed by atoms with van der Waals surface area (Å²) in [5.41, 5.74) is 0. The SMILES string of the molecule is C1CCC(CN2CCN(CC3CCCC3)CC2)CC1.O.O. The molecule has 3 fully saturated rings. The minimum Gasteiger partial charge on any atom is -0.412 e. The van der Waals surface area contributed by atoms with Gasteiger partial charge < -0.3 is 20.8 Å². The second kappa shape index (κ2) is 9.78. The molecule has 1 aliphatic heterocycles. The summed E-state index contributed by atoms with van der Waals surface area (Å²) in [6.07, 6.45) is 13.5. The first-order chi connectivity index (χ1) is 9.40. The van der Waals surface area contributed by atoms with Crippen LogP contribution in [0, 0.1) is 11.8 Å². The van der Waals surface area contributed by atoms with Gasteiger partial charge in [0.1, 0.15) is 0 Å². The molecule has 3 rings (SSSR count). The molecule has 0 unspecified atom stereocenters. The number of hydrogen-bond donors (Lipinski definition) is 0. The van der Waals surface area contributed by atoms with E-state index in [9.17, 15) is 0 Å². The largest absolute Gasteiger partial charge is 0.412 e. The van der Waals surface area contributed by atoms with Crippen LogP contribution in [0.25, 0.3) is 0 Å². The normalized spacial score (nSPS) is 26.3. The zero-order valence-electron chi connectivity index (χ0n) is 13.7. The predicted molar refractivity (Wildman–Crippen MR) is 88.6 cm³/mol. The van der Waals surface area contributed by atoms with Crippen molar-refractivity contribution in [3.63, 3.8) is 0 Å². The van der Waals surface area contributed by atoms with Crippen molar-refractivity contribution in [2.45, 2.75) is 57.8 Å². The Morgan fingerprint density at radius 3 is 1.24 bits per heavy atom. The van der Waals surface area contributed by atoms with E-state index in [0.717, 1.165) is 11.8 Å². The summed E-state index contributed by atoms with van der Waals surface area (Å²) in [6.45, 7) is 8.15. The fraction of sp³-hybridized carbons (Fsp3) is 1.00. The third kappa shape index (κ3) is 5.85. The minimum absolute atomic E-state index is 0. The molecule has 1 saturated heterocycles. The molecule has 126 valence electrons. The van der Waals surface area contributed by atoms with Crippen LogP contribution < -0.4 is 0 Å². The van der Waals surface area contributed by atoms with E-state index in [1.54, 1.807) is 0 Å². The molecule has 0 radical (unpaired) electrons. The fourth-order valence-corrected chi connectivity index (χ4v) is 4.45. The Balaban J connectivity index is 0.00000110. The Bertz CT molecular complexity index is 256. The summed E-state index contributed by atoms with van der Waals surface area (Å²) in [5, 5.41) is 0. The lowest BCUT2D eigenvalue weighted by Gasteiger charge is -2.38. The molecule has 0 amide bonds. The van der Waals surface area contributed by atoms with Gasteiger partial charge in [-0.3, -0.25) is 0 Å². The average Bonchev–Trinajstić information content (AvgIpc) is 2.95. The molecular weight excluding hydrogens is 264 g/mol. The van der Waals surface area contributed by atoms with E-state index in [4.69, 9.17) is 0 Å². The van der Waals surface area contributed by atoms with Gasteiger partial charge >= 0.3 is 0 Å². The zero-order valence-corrected chi connectivity index (χ0v) is 13.7. The van der Waals surface area contributed by atoms with Gasteiger partial charge in [0, 0.05) is 39.3 Å². The maximum atomic E-state index is 2.75. The predicted octanol–water partition coefficient (Wildman–Crippen LogP) is 1.73. The summed E-state index contributed by atoms with van der Waals surface area (Å²) >= 11 is 0. The number of piperazine rings is 1. The van der Waals surface area contributed by atoms with Crippen LogP contribution in [-0.2, 0) is 0 Å². The molecule has 0 aromatic heterocycles. The Kier molecular flexibility index (Phi) is 8.79. The van der Waals surface area contributed by atoms with Crippen LogP contribution in [0.1, 0.15) is 57.8 Å². The second-order valence-corrected chi connectivity index (χ2v) is 7.26. The second-order valence-electron chi connectivity index (χ2n) is 7.26. The van der Waals surface area contributed by atoms with Gasteiger partial charge in [-0.05, 0) is 37.5 Å². The Morgan fingerprint density at radius 2 is 0.857 bits per heavy atom. The van der Waals surface area contributed by atoms with E-state index in [1.807, 2.05) is 0 Å². The number of rotatable bonds is 4. The van der Waals surface area contributed by atoms with E-state index in [-0.39, 0.29) is 11.0 Å². The van der Waals surface area contributed by atoms with Crippen molar-refractivity contribution in [2.24, 2.45) is 11.8 Å². The van der Waals surface area contributed by atoms with E-state index < -0.39 is 0 Å². The van der Waals surface area contributed by atoms with Crippen LogP contribution >= 0.6 is 0 Å². The molecule has 4 N–H and O–H groups in total. The van der Waals surface area contributed by atoms with E-state index >= 15 is 0 Å². The molecule has 4 heteroatoms. The van der Waals surface area contributed by atoms with Gasteiger partial charge in [-0.25, -0.2) is 0 Å².